The molecule has 0 saturated carbocycles. The number of phosphoric acid groups is 1. The molecule has 0 bridgehead atoms. The molecule has 732 valence electrons. The minimum Gasteiger partial charge on any atom is -0.477 e. The summed E-state index contributed by atoms with van der Waals surface area (Å²) < 4.78 is 130. The summed E-state index contributed by atoms with van der Waals surface area (Å²) in [6.45, 7) is -12.4. The monoisotopic (exact) mass is 1870 g/mol. The van der Waals surface area contributed by atoms with Gasteiger partial charge < -0.3 is 270 Å². The third-order valence-electron chi connectivity index (χ3n) is 22.9. The second-order valence-corrected chi connectivity index (χ2v) is 32.6. The number of nitrogens with two attached hydrogens (primary N) is 2. The van der Waals surface area contributed by atoms with Crippen molar-refractivity contribution in [2.75, 3.05) is 66.1 Å². The second-order valence-electron chi connectivity index (χ2n) is 31.5. The van der Waals surface area contributed by atoms with E-state index in [1.54, 1.807) is 0 Å². The lowest BCUT2D eigenvalue weighted by Crippen LogP contribution is -2.71. The molecule has 10 aliphatic rings. The number of carbonyl (C=O) groups excluding carboxylic acids is 1. The molecule has 0 spiro atoms. The van der Waals surface area contributed by atoms with E-state index in [9.17, 15) is 182 Å². The van der Waals surface area contributed by atoms with Gasteiger partial charge in [0.25, 0.3) is 11.6 Å². The molecule has 60 heteroatoms. The number of aliphatic hydroxyl groups is 28. The molecule has 37 N–H and O–H groups in total. The average Bonchev–Trinajstić information content (AvgIpc) is 0.736. The van der Waals surface area contributed by atoms with Crippen LogP contribution in [-0.2, 0) is 113 Å². The summed E-state index contributed by atoms with van der Waals surface area (Å²) in [5.41, 5.74) is 11.9. The maximum absolute atomic E-state index is 14.4. The van der Waals surface area contributed by atoms with Gasteiger partial charge in [-0.25, -0.2) is 14.2 Å². The van der Waals surface area contributed by atoms with Crippen molar-refractivity contribution < 1.29 is 276 Å². The minimum atomic E-state index is -5.92. The van der Waals surface area contributed by atoms with Crippen molar-refractivity contribution in [2.45, 2.75) is 326 Å². The van der Waals surface area contributed by atoms with E-state index in [0.29, 0.717) is 0 Å². The van der Waals surface area contributed by atoms with Crippen molar-refractivity contribution in [3.05, 3.63) is 0 Å². The summed E-state index contributed by atoms with van der Waals surface area (Å²) in [7, 11) is -5.92. The normalized spacial score (nSPS) is 49.3. The van der Waals surface area contributed by atoms with Crippen LogP contribution in [0.1, 0.15) is 19.8 Å². The van der Waals surface area contributed by atoms with Gasteiger partial charge in [0.15, 0.2) is 50.3 Å². The predicted octanol–water partition coefficient (Wildman–Crippen LogP) is -22.9. The SMILES string of the molecule is CC(=O)NC1C(OC2C(OC3C(COC4OC(CO)C(O)C(O)C4OC4OC(CO)C(O)C(O)C4O)OC(OC4C(OC5(C(=O)O)CC(O)C(O)C(C(O)CO)O5)CC(OCC5OC(OCC6OC(O)C(N)C(O)C6O)C(N)C(O)C5OP(=O)(O)O)(C(=O)O)OC4C(O)CO)C(O)C3OC3OC(CO)C(O)C(O)C3O)OC(CO)C(O)C2O)OC(CO)C(O)C1O. The Balaban J connectivity index is 1.13. The van der Waals surface area contributed by atoms with Crippen LogP contribution in [0, 0.1) is 0 Å². The Morgan fingerprint density at radius 1 is 0.397 bits per heavy atom. The van der Waals surface area contributed by atoms with Crippen LogP contribution in [0.2, 0.25) is 0 Å². The predicted molar refractivity (Wildman–Crippen MR) is 379 cm³/mol. The van der Waals surface area contributed by atoms with Gasteiger partial charge in [-0.3, -0.25) is 9.32 Å². The maximum atomic E-state index is 14.4. The van der Waals surface area contributed by atoms with Gasteiger partial charge >= 0.3 is 19.8 Å². The lowest BCUT2D eigenvalue weighted by molar-refractivity contribution is -0.419. The number of carbonyl (C=O) groups is 3. The summed E-state index contributed by atoms with van der Waals surface area (Å²) >= 11 is 0. The standard InChI is InChI=1S/C66H112N3O56P/c1-14(77)69-29-39(90)31(82)19(6-72)110-57(29)120-54-43(94)35(86)23(10-76)114-62(54)118-51-25(12-107-61-53(42(93)34(85)22(9-75)113-61)121-59-45(96)41(92)33(84)21(8-74)112-59)116-60(46(97)52(51)119-58-44(95)40(91)32(83)20(7-73)111-58)117-50-18(122-66(64(101)102)2-15(78)30(81)47(123-66)16(79)4-70)3-65(63(99)100,124-48(50)17(80)5-71)108-13-26-49(125-126(103,104)105)38(89)28(68)56(115-26)106-11-24-36(87)37(88)27(67)55(98)109-24/h15-62,70-76,78-98H,2-13,67-68H2,1H3,(H,69,77)(H,99,100)(H,101,102)(H2,103,104,105). The summed E-state index contributed by atoms with van der Waals surface area (Å²) in [6.07, 6.45) is -110. The van der Waals surface area contributed by atoms with Gasteiger partial charge in [0.2, 0.25) is 5.91 Å². The number of carboxylic acids is 2. The summed E-state index contributed by atoms with van der Waals surface area (Å²) in [5, 5.41) is 337. The molecule has 0 aromatic rings. The highest BCUT2D eigenvalue weighted by atomic mass is 31.2. The molecule has 10 fully saturated rings. The van der Waals surface area contributed by atoms with Crippen molar-refractivity contribution in [3.63, 3.8) is 0 Å². The van der Waals surface area contributed by atoms with Gasteiger partial charge in [0.05, 0.1) is 90.4 Å². The molecule has 10 rings (SSSR count). The van der Waals surface area contributed by atoms with E-state index in [2.05, 4.69) is 5.32 Å². The number of nitrogens with one attached hydrogen (secondary N) is 1. The van der Waals surface area contributed by atoms with Gasteiger partial charge in [-0.05, 0) is 0 Å². The van der Waals surface area contributed by atoms with E-state index in [-0.39, 0.29) is 0 Å². The Labute approximate surface area is 708 Å². The number of amides is 1. The number of aliphatic hydroxyl groups excluding tert-OH is 28. The van der Waals surface area contributed by atoms with Gasteiger partial charge in [-0.2, -0.15) is 0 Å². The quantitative estimate of drug-likeness (QED) is 0.0262. The summed E-state index contributed by atoms with van der Waals surface area (Å²) in [5.74, 6) is -13.4. The van der Waals surface area contributed by atoms with E-state index in [1.807, 2.05) is 0 Å². The van der Waals surface area contributed by atoms with Crippen LogP contribution in [0.5, 0.6) is 0 Å². The Morgan fingerprint density at radius 2 is 0.802 bits per heavy atom. The third-order valence-corrected chi connectivity index (χ3v) is 23.4. The Hall–Kier alpha value is -3.44. The summed E-state index contributed by atoms with van der Waals surface area (Å²) in [4.78, 5) is 61.5. The third kappa shape index (κ3) is 22.5. The van der Waals surface area contributed by atoms with Gasteiger partial charge in [-0.15, -0.1) is 0 Å². The molecule has 10 saturated heterocycles. The van der Waals surface area contributed by atoms with Crippen LogP contribution in [0.3, 0.4) is 0 Å². The maximum Gasteiger partial charge on any atom is 0.470 e. The fraction of sp³-hybridized carbons (Fsp3) is 0.955. The molecule has 1 amide bonds. The zero-order valence-electron chi connectivity index (χ0n) is 65.9. The highest BCUT2D eigenvalue weighted by Gasteiger charge is 2.66. The highest BCUT2D eigenvalue weighted by molar-refractivity contribution is 7.46. The average molecular weight is 1870 g/mol. The van der Waals surface area contributed by atoms with E-state index in [1.165, 1.54) is 0 Å². The number of hydrogen-bond donors (Lipinski definition) is 35. The van der Waals surface area contributed by atoms with Crippen LogP contribution in [0.25, 0.3) is 0 Å². The lowest BCUT2D eigenvalue weighted by atomic mass is 9.89. The van der Waals surface area contributed by atoms with Crippen LogP contribution in [-0.4, -0.2) is 553 Å². The summed E-state index contributed by atoms with van der Waals surface area (Å²) in [6, 6.07) is -5.58. The molecule has 0 aliphatic carbocycles. The topological polar surface area (TPSA) is 964 Å². The van der Waals surface area contributed by atoms with Gasteiger partial charge in [0.1, 0.15) is 220 Å². The van der Waals surface area contributed by atoms with E-state index in [4.69, 9.17) is 106 Å². The first-order chi connectivity index (χ1) is 59.2. The van der Waals surface area contributed by atoms with Crippen molar-refractivity contribution in [1.82, 2.24) is 5.32 Å². The first-order valence-corrected chi connectivity index (χ1v) is 40.7. The first-order valence-electron chi connectivity index (χ1n) is 39.2. The fourth-order valence-corrected chi connectivity index (χ4v) is 16.4. The molecular formula is C66H112N3O56P. The Morgan fingerprint density at radius 3 is 1.32 bits per heavy atom. The second kappa shape index (κ2) is 43.9. The van der Waals surface area contributed by atoms with E-state index in [0.717, 1.165) is 6.92 Å². The molecule has 10 heterocycles. The van der Waals surface area contributed by atoms with Crippen molar-refractivity contribution in [1.29, 1.82) is 0 Å². The molecule has 50 unspecified atom stereocenters. The fourth-order valence-electron chi connectivity index (χ4n) is 15.8. The molecule has 0 radical (unpaired) electrons. The zero-order valence-corrected chi connectivity index (χ0v) is 66.8. The van der Waals surface area contributed by atoms with Crippen molar-refractivity contribution in [2.24, 2.45) is 11.5 Å². The highest BCUT2D eigenvalue weighted by Crippen LogP contribution is 2.47. The largest absolute Gasteiger partial charge is 0.477 e. The molecular weight excluding hydrogens is 1760 g/mol. The van der Waals surface area contributed by atoms with Gasteiger partial charge in [-0.1, -0.05) is 0 Å². The minimum absolute atomic E-state index is 0.896. The number of ether oxygens (including phenoxy) is 19. The van der Waals surface area contributed by atoms with Crippen LogP contribution < -0.4 is 16.8 Å². The lowest BCUT2D eigenvalue weighted by Gasteiger charge is -2.53. The van der Waals surface area contributed by atoms with Crippen molar-refractivity contribution in [3.8, 4) is 0 Å². The Bertz CT molecular complexity index is 3490. The van der Waals surface area contributed by atoms with Crippen LogP contribution in [0.4, 0.5) is 0 Å². The number of carboxylic acid groups (broad SMARTS) is 2. The molecule has 10 aliphatic heterocycles. The molecule has 0 aromatic heterocycles. The number of phosphoric ester groups is 1. The number of aliphatic carboxylic acids is 2. The van der Waals surface area contributed by atoms with E-state index < -0.39 is 410 Å². The zero-order chi connectivity index (χ0) is 93.3. The van der Waals surface area contributed by atoms with Crippen LogP contribution >= 0.6 is 7.82 Å². The smallest absolute Gasteiger partial charge is 0.470 e. The number of rotatable bonds is 35. The van der Waals surface area contributed by atoms with E-state index >= 15 is 0 Å². The Kier molecular flexibility index (Phi) is 36.5. The first kappa shape index (κ1) is 105. The number of hydrogen-bond acceptors (Lipinski definition) is 54. The molecule has 0 aromatic carbocycles. The molecule has 50 atom stereocenters. The molecule has 59 nitrogen and oxygen atoms in total. The van der Waals surface area contributed by atoms with Gasteiger partial charge in [0, 0.05) is 19.8 Å². The van der Waals surface area contributed by atoms with Crippen LogP contribution in [0.15, 0.2) is 0 Å². The molecule has 126 heavy (non-hydrogen) atoms. The van der Waals surface area contributed by atoms with Crippen molar-refractivity contribution >= 4 is 25.7 Å².